The second-order valence-corrected chi connectivity index (χ2v) is 27.0. The van der Waals surface area contributed by atoms with E-state index in [0.29, 0.717) is 19.4 Å². The fourth-order valence-corrected chi connectivity index (χ4v) is 12.3. The van der Waals surface area contributed by atoms with Gasteiger partial charge in [0.15, 0.2) is 0 Å². The predicted octanol–water partition coefficient (Wildman–Crippen LogP) is 26.0. The first-order chi connectivity index (χ1) is 43.0. The minimum absolute atomic E-state index is 0.0130. The van der Waals surface area contributed by atoms with E-state index in [1.165, 1.54) is 353 Å². The molecule has 6 heteroatoms. The summed E-state index contributed by atoms with van der Waals surface area (Å²) in [6.45, 7) is 4.94. The number of ether oxygens (including phenoxy) is 1. The Balaban J connectivity index is 3.40. The summed E-state index contributed by atoms with van der Waals surface area (Å²) in [6.07, 6.45) is 101. The van der Waals surface area contributed by atoms with Crippen molar-refractivity contribution in [3.05, 3.63) is 48.6 Å². The second kappa shape index (κ2) is 76.3. The van der Waals surface area contributed by atoms with Crippen LogP contribution in [0.1, 0.15) is 431 Å². The van der Waals surface area contributed by atoms with E-state index in [0.717, 1.165) is 51.4 Å². The van der Waals surface area contributed by atoms with Gasteiger partial charge in [0.05, 0.1) is 25.4 Å². The van der Waals surface area contributed by atoms with Crippen LogP contribution in [0.2, 0.25) is 0 Å². The Morgan fingerprint density at radius 2 is 0.575 bits per heavy atom. The second-order valence-electron chi connectivity index (χ2n) is 27.0. The molecule has 0 radical (unpaired) electrons. The first kappa shape index (κ1) is 84.8. The molecule has 0 bridgehead atoms. The quantitative estimate of drug-likeness (QED) is 0.0320. The number of esters is 1. The molecule has 0 aromatic carbocycles. The number of amides is 1. The highest BCUT2D eigenvalue weighted by Crippen LogP contribution is 2.19. The SMILES string of the molecule is CCCCCCCC/C=C\CCCCCCCCCCCC(=O)OCCCCCCCCCCC/C=C\C/C=C\CCCCCCCCCCCCCCCCCC(=O)NC(CO)C(O)/C=C/CCCCCCCCCCCCCCCCCCCC. The summed E-state index contributed by atoms with van der Waals surface area (Å²) >= 11 is 0. The van der Waals surface area contributed by atoms with Gasteiger partial charge >= 0.3 is 5.97 Å². The van der Waals surface area contributed by atoms with Crippen molar-refractivity contribution in [2.45, 2.75) is 443 Å². The minimum Gasteiger partial charge on any atom is -0.466 e. The Bertz CT molecular complexity index is 1450. The first-order valence-corrected chi connectivity index (χ1v) is 39.4. The van der Waals surface area contributed by atoms with E-state index < -0.39 is 12.1 Å². The molecule has 0 fully saturated rings. The Morgan fingerprint density at radius 1 is 0.322 bits per heavy atom. The van der Waals surface area contributed by atoms with E-state index in [2.05, 4.69) is 55.6 Å². The van der Waals surface area contributed by atoms with Gasteiger partial charge in [-0.25, -0.2) is 0 Å². The number of carbonyl (C=O) groups is 2. The number of allylic oxidation sites excluding steroid dienone is 7. The zero-order valence-electron chi connectivity index (χ0n) is 58.8. The Labute approximate surface area is 544 Å². The van der Waals surface area contributed by atoms with Crippen LogP contribution in [0.3, 0.4) is 0 Å². The molecule has 0 aliphatic heterocycles. The van der Waals surface area contributed by atoms with Crippen LogP contribution in [0.25, 0.3) is 0 Å². The van der Waals surface area contributed by atoms with Crippen molar-refractivity contribution in [2.75, 3.05) is 13.2 Å². The smallest absolute Gasteiger partial charge is 0.305 e. The number of aliphatic hydroxyl groups excluding tert-OH is 2. The van der Waals surface area contributed by atoms with Crippen molar-refractivity contribution < 1.29 is 24.5 Å². The van der Waals surface area contributed by atoms with Gasteiger partial charge in [0.1, 0.15) is 0 Å². The lowest BCUT2D eigenvalue weighted by molar-refractivity contribution is -0.143. The number of hydrogen-bond acceptors (Lipinski definition) is 5. The molecule has 0 saturated carbocycles. The molecular formula is C81H153NO5. The van der Waals surface area contributed by atoms with Crippen molar-refractivity contribution in [2.24, 2.45) is 0 Å². The number of aliphatic hydroxyl groups is 2. The van der Waals surface area contributed by atoms with Gasteiger partial charge in [0.2, 0.25) is 5.91 Å². The van der Waals surface area contributed by atoms with E-state index >= 15 is 0 Å². The van der Waals surface area contributed by atoms with Crippen molar-refractivity contribution >= 4 is 11.9 Å². The summed E-state index contributed by atoms with van der Waals surface area (Å²) in [5.41, 5.74) is 0. The fraction of sp³-hybridized carbons (Fsp3) is 0.877. The molecular weight excluding hydrogens is 1070 g/mol. The van der Waals surface area contributed by atoms with Crippen LogP contribution >= 0.6 is 0 Å². The van der Waals surface area contributed by atoms with Gasteiger partial charge in [-0.1, -0.05) is 377 Å². The lowest BCUT2D eigenvalue weighted by atomic mass is 10.0. The summed E-state index contributed by atoms with van der Waals surface area (Å²) in [4.78, 5) is 24.7. The van der Waals surface area contributed by atoms with Gasteiger partial charge in [-0.15, -0.1) is 0 Å². The molecule has 0 spiro atoms. The number of unbranched alkanes of at least 4 members (excludes halogenated alkanes) is 57. The predicted molar refractivity (Wildman–Crippen MR) is 384 cm³/mol. The topological polar surface area (TPSA) is 95.9 Å². The molecule has 0 heterocycles. The molecule has 87 heavy (non-hydrogen) atoms. The van der Waals surface area contributed by atoms with Crippen LogP contribution in [0.15, 0.2) is 48.6 Å². The maximum absolute atomic E-state index is 12.5. The number of rotatable bonds is 74. The van der Waals surface area contributed by atoms with Crippen LogP contribution in [-0.2, 0) is 14.3 Å². The maximum Gasteiger partial charge on any atom is 0.305 e. The van der Waals surface area contributed by atoms with Crippen molar-refractivity contribution in [1.82, 2.24) is 5.32 Å². The Kier molecular flexibility index (Phi) is 74.4. The van der Waals surface area contributed by atoms with Gasteiger partial charge in [-0.05, 0) is 89.9 Å². The van der Waals surface area contributed by atoms with Crippen LogP contribution < -0.4 is 5.32 Å². The molecule has 0 aromatic heterocycles. The monoisotopic (exact) mass is 1220 g/mol. The van der Waals surface area contributed by atoms with E-state index in [4.69, 9.17) is 4.74 Å². The largest absolute Gasteiger partial charge is 0.466 e. The summed E-state index contributed by atoms with van der Waals surface area (Å²) in [5.74, 6) is -0.0506. The molecule has 0 aromatic rings. The van der Waals surface area contributed by atoms with Crippen LogP contribution in [0.5, 0.6) is 0 Å². The molecule has 1 amide bonds. The average molecular weight is 1220 g/mol. The molecule has 0 saturated heterocycles. The van der Waals surface area contributed by atoms with E-state index in [9.17, 15) is 19.8 Å². The van der Waals surface area contributed by atoms with Crippen molar-refractivity contribution in [3.63, 3.8) is 0 Å². The molecule has 0 aliphatic rings. The summed E-state index contributed by atoms with van der Waals surface area (Å²) in [7, 11) is 0. The zero-order chi connectivity index (χ0) is 62.8. The Morgan fingerprint density at radius 3 is 0.885 bits per heavy atom. The lowest BCUT2D eigenvalue weighted by Crippen LogP contribution is -2.45. The third-order valence-electron chi connectivity index (χ3n) is 18.3. The van der Waals surface area contributed by atoms with E-state index in [1.54, 1.807) is 6.08 Å². The maximum atomic E-state index is 12.5. The van der Waals surface area contributed by atoms with Crippen LogP contribution in [0, 0.1) is 0 Å². The standard InChI is InChI=1S/C81H153NO5/c1-3-5-7-9-11-13-15-17-19-21-23-38-41-45-49-53-57-61-65-69-73-79(84)78(77-83)82-80(85)74-70-66-62-58-54-50-46-42-39-35-33-31-29-27-25-24-26-28-30-32-34-36-40-44-48-52-56-60-64-68-72-76-87-81(86)75-71-67-63-59-55-51-47-43-37-22-20-18-16-14-12-10-8-6-4-2/h18,20,26,28,32,34,69,73,78-79,83-84H,3-17,19,21-25,27,29-31,33,35-68,70-72,74-77H2,1-2H3,(H,82,85)/b20-18-,28-26-,34-32-,73-69+. The molecule has 2 atom stereocenters. The fourth-order valence-electron chi connectivity index (χ4n) is 12.3. The first-order valence-electron chi connectivity index (χ1n) is 39.4. The molecule has 2 unspecified atom stereocenters. The van der Waals surface area contributed by atoms with Gasteiger partial charge in [0.25, 0.3) is 0 Å². The highest BCUT2D eigenvalue weighted by molar-refractivity contribution is 5.76. The van der Waals surface area contributed by atoms with Gasteiger partial charge in [-0.2, -0.15) is 0 Å². The van der Waals surface area contributed by atoms with Crippen LogP contribution in [0.4, 0.5) is 0 Å². The van der Waals surface area contributed by atoms with Crippen molar-refractivity contribution in [1.29, 1.82) is 0 Å². The minimum atomic E-state index is -0.846. The molecule has 0 rings (SSSR count). The summed E-state index contributed by atoms with van der Waals surface area (Å²) in [5, 5.41) is 23.3. The number of hydrogen-bond donors (Lipinski definition) is 3. The third kappa shape index (κ3) is 72.8. The van der Waals surface area contributed by atoms with Crippen LogP contribution in [-0.4, -0.2) is 47.4 Å². The normalized spacial score (nSPS) is 12.7. The summed E-state index contributed by atoms with van der Waals surface area (Å²) < 4.78 is 5.51. The van der Waals surface area contributed by atoms with E-state index in [1.807, 2.05) is 6.08 Å². The number of nitrogens with one attached hydrogen (secondary N) is 1. The van der Waals surface area contributed by atoms with Gasteiger partial charge in [0, 0.05) is 12.8 Å². The number of carbonyl (C=O) groups excluding carboxylic acids is 2. The molecule has 0 aliphatic carbocycles. The molecule has 512 valence electrons. The van der Waals surface area contributed by atoms with Gasteiger partial charge < -0.3 is 20.3 Å². The van der Waals surface area contributed by atoms with E-state index in [-0.39, 0.29) is 18.5 Å². The molecule has 3 N–H and O–H groups in total. The Hall–Kier alpha value is -2.18. The highest BCUT2D eigenvalue weighted by Gasteiger charge is 2.18. The van der Waals surface area contributed by atoms with Gasteiger partial charge in [-0.3, -0.25) is 9.59 Å². The highest BCUT2D eigenvalue weighted by atomic mass is 16.5. The molecule has 6 nitrogen and oxygen atoms in total. The van der Waals surface area contributed by atoms with Crippen molar-refractivity contribution in [3.8, 4) is 0 Å². The lowest BCUT2D eigenvalue weighted by Gasteiger charge is -2.20. The third-order valence-corrected chi connectivity index (χ3v) is 18.3. The summed E-state index contributed by atoms with van der Waals surface area (Å²) in [6, 6.07) is -0.629. The average Bonchev–Trinajstić information content (AvgIpc) is 3.53. The zero-order valence-corrected chi connectivity index (χ0v) is 58.8.